The highest BCUT2D eigenvalue weighted by Crippen LogP contribution is 2.30. The summed E-state index contributed by atoms with van der Waals surface area (Å²) in [6.45, 7) is 2.74. The lowest BCUT2D eigenvalue weighted by Crippen LogP contribution is -2.49. The number of anilines is 2. The van der Waals surface area contributed by atoms with E-state index in [0.717, 1.165) is 25.2 Å². The molecule has 120 valence electrons. The van der Waals surface area contributed by atoms with Crippen LogP contribution in [0.2, 0.25) is 0 Å². The molecule has 7 nitrogen and oxygen atoms in total. The number of carbonyl (C=O) groups excluding carboxylic acids is 1. The maximum Gasteiger partial charge on any atom is 0.227 e. The van der Waals surface area contributed by atoms with Gasteiger partial charge in [0, 0.05) is 46.0 Å². The zero-order valence-electron chi connectivity index (χ0n) is 13.2. The number of nitrogens with one attached hydrogen (secondary N) is 1. The molecule has 4 heterocycles. The van der Waals surface area contributed by atoms with Crippen LogP contribution in [-0.2, 0) is 9.53 Å². The average molecular weight is 305 g/mol. The van der Waals surface area contributed by atoms with E-state index < -0.39 is 0 Å². The van der Waals surface area contributed by atoms with Gasteiger partial charge < -0.3 is 19.9 Å². The van der Waals surface area contributed by atoms with Crippen LogP contribution >= 0.6 is 0 Å². The Kier molecular flexibility index (Phi) is 4.42. The van der Waals surface area contributed by atoms with Gasteiger partial charge in [-0.15, -0.1) is 0 Å². The topological polar surface area (TPSA) is 70.6 Å². The molecule has 0 aromatic carbocycles. The molecule has 0 saturated carbocycles. The summed E-state index contributed by atoms with van der Waals surface area (Å²) in [4.78, 5) is 25.6. The smallest absolute Gasteiger partial charge is 0.227 e. The molecule has 1 aromatic rings. The maximum absolute atomic E-state index is 12.6. The lowest BCUT2D eigenvalue weighted by atomic mass is 9.94. The van der Waals surface area contributed by atoms with E-state index in [1.165, 1.54) is 0 Å². The maximum atomic E-state index is 12.6. The van der Waals surface area contributed by atoms with Gasteiger partial charge in [-0.2, -0.15) is 4.98 Å². The minimum atomic E-state index is 0.0393. The molecule has 0 spiro atoms. The minimum absolute atomic E-state index is 0.0393. The second-order valence-corrected chi connectivity index (χ2v) is 5.85. The molecule has 3 aliphatic heterocycles. The Hall–Kier alpha value is -1.89. The summed E-state index contributed by atoms with van der Waals surface area (Å²) in [6.07, 6.45) is 3.75. The van der Waals surface area contributed by atoms with E-state index >= 15 is 0 Å². The number of amides is 1. The Bertz CT molecular complexity index is 538. The Morgan fingerprint density at radius 3 is 3.05 bits per heavy atom. The predicted molar refractivity (Wildman–Crippen MR) is 83.9 cm³/mol. The number of methoxy groups -OCH3 is 1. The summed E-state index contributed by atoms with van der Waals surface area (Å²) in [5.74, 6) is 1.78. The Morgan fingerprint density at radius 1 is 1.41 bits per heavy atom. The molecule has 2 bridgehead atoms. The van der Waals surface area contributed by atoms with Gasteiger partial charge >= 0.3 is 0 Å². The fourth-order valence-corrected chi connectivity index (χ4v) is 3.33. The van der Waals surface area contributed by atoms with Crippen molar-refractivity contribution in [2.24, 2.45) is 5.92 Å². The molecule has 1 aromatic heterocycles. The molecule has 1 amide bonds. The Morgan fingerprint density at radius 2 is 2.27 bits per heavy atom. The fourth-order valence-electron chi connectivity index (χ4n) is 3.33. The van der Waals surface area contributed by atoms with Crippen molar-refractivity contribution in [2.75, 3.05) is 50.6 Å². The number of aromatic nitrogens is 2. The third kappa shape index (κ3) is 2.85. The first-order valence-corrected chi connectivity index (χ1v) is 7.78. The van der Waals surface area contributed by atoms with Crippen molar-refractivity contribution < 1.29 is 9.53 Å². The fraction of sp³-hybridized carbons (Fsp3) is 0.667. The lowest BCUT2D eigenvalue weighted by Gasteiger charge is -2.35. The molecule has 3 saturated heterocycles. The molecule has 0 radical (unpaired) electrons. The van der Waals surface area contributed by atoms with Crippen molar-refractivity contribution >= 4 is 17.7 Å². The normalized spacial score (nSPS) is 24.5. The zero-order chi connectivity index (χ0) is 15.5. The highest BCUT2D eigenvalue weighted by atomic mass is 16.5. The molecule has 4 rings (SSSR count). The first-order valence-electron chi connectivity index (χ1n) is 7.78. The van der Waals surface area contributed by atoms with Crippen LogP contribution in [0.3, 0.4) is 0 Å². The second-order valence-electron chi connectivity index (χ2n) is 5.85. The number of nitrogens with zero attached hydrogens (tertiary/aromatic N) is 4. The van der Waals surface area contributed by atoms with Crippen LogP contribution in [0.15, 0.2) is 12.3 Å². The van der Waals surface area contributed by atoms with E-state index in [1.807, 2.05) is 18.0 Å². The Labute approximate surface area is 130 Å². The van der Waals surface area contributed by atoms with Crippen LogP contribution in [0.1, 0.15) is 12.8 Å². The number of carbonyl (C=O) groups is 1. The summed E-state index contributed by atoms with van der Waals surface area (Å²) in [7, 11) is 3.51. The first-order chi connectivity index (χ1) is 10.7. The van der Waals surface area contributed by atoms with Crippen molar-refractivity contribution in [3.8, 4) is 0 Å². The van der Waals surface area contributed by atoms with Gasteiger partial charge in [0.05, 0.1) is 12.5 Å². The summed E-state index contributed by atoms with van der Waals surface area (Å²) in [5.41, 5.74) is 0. The predicted octanol–water partition coefficient (Wildman–Crippen LogP) is 0.592. The molecule has 3 fully saturated rings. The van der Waals surface area contributed by atoms with Crippen LogP contribution in [0.4, 0.5) is 11.8 Å². The van der Waals surface area contributed by atoms with Crippen LogP contribution < -0.4 is 10.2 Å². The lowest BCUT2D eigenvalue weighted by molar-refractivity contribution is -0.140. The summed E-state index contributed by atoms with van der Waals surface area (Å²) in [5, 5.41) is 3.03. The molecular weight excluding hydrogens is 282 g/mol. The molecule has 3 aliphatic rings. The van der Waals surface area contributed by atoms with Crippen LogP contribution in [0.25, 0.3) is 0 Å². The van der Waals surface area contributed by atoms with Crippen LogP contribution in [-0.4, -0.2) is 67.2 Å². The number of hydrogen-bond donors (Lipinski definition) is 1. The molecule has 1 N–H and O–H groups in total. The quantitative estimate of drug-likeness (QED) is 0.858. The van der Waals surface area contributed by atoms with E-state index in [9.17, 15) is 4.79 Å². The zero-order valence-corrected chi connectivity index (χ0v) is 13.2. The number of fused-ring (bicyclic) bond motifs is 4. The van der Waals surface area contributed by atoms with Gasteiger partial charge in [0.1, 0.15) is 5.82 Å². The standard InChI is InChI=1S/C15H23N5O2/c1-16-13-5-6-17-15(18-13)19-9-11-3-4-12(10-19)20(14(11)21)7-8-22-2/h5-6,11-12H,3-4,7-10H2,1-2H3,(H,16,17,18)/t11-,12+/m0/s1. The largest absolute Gasteiger partial charge is 0.383 e. The third-order valence-corrected chi connectivity index (χ3v) is 4.51. The SMILES string of the molecule is CNc1ccnc(N2C[C@@H]3CC[C@H](C2)N(CCOC)C3=O)n1. The third-order valence-electron chi connectivity index (χ3n) is 4.51. The number of ether oxygens (including phenoxy) is 1. The van der Waals surface area contributed by atoms with Gasteiger partial charge in [-0.05, 0) is 18.9 Å². The van der Waals surface area contributed by atoms with Crippen LogP contribution in [0.5, 0.6) is 0 Å². The molecule has 7 heteroatoms. The molecular formula is C15H23N5O2. The van der Waals surface area contributed by atoms with Crippen molar-refractivity contribution in [3.05, 3.63) is 12.3 Å². The molecule has 0 unspecified atom stereocenters. The van der Waals surface area contributed by atoms with Gasteiger partial charge in [0.15, 0.2) is 0 Å². The second kappa shape index (κ2) is 6.48. The minimum Gasteiger partial charge on any atom is -0.383 e. The summed E-state index contributed by atoms with van der Waals surface area (Å²) in [6, 6.07) is 2.06. The summed E-state index contributed by atoms with van der Waals surface area (Å²) < 4.78 is 5.14. The van der Waals surface area contributed by atoms with Crippen LogP contribution in [0, 0.1) is 5.92 Å². The van der Waals surface area contributed by atoms with Gasteiger partial charge in [-0.25, -0.2) is 4.98 Å². The monoisotopic (exact) mass is 305 g/mol. The van der Waals surface area contributed by atoms with Crippen molar-refractivity contribution in [1.82, 2.24) is 14.9 Å². The molecule has 0 aliphatic carbocycles. The molecule has 22 heavy (non-hydrogen) atoms. The van der Waals surface area contributed by atoms with Crippen molar-refractivity contribution in [3.63, 3.8) is 0 Å². The van der Waals surface area contributed by atoms with Crippen molar-refractivity contribution in [2.45, 2.75) is 18.9 Å². The Balaban J connectivity index is 1.80. The first kappa shape index (κ1) is 15.0. The van der Waals surface area contributed by atoms with E-state index in [1.54, 1.807) is 13.3 Å². The van der Waals surface area contributed by atoms with Crippen molar-refractivity contribution in [1.29, 1.82) is 0 Å². The highest BCUT2D eigenvalue weighted by molar-refractivity contribution is 5.81. The number of rotatable bonds is 5. The molecule has 2 atom stereocenters. The van der Waals surface area contributed by atoms with E-state index in [2.05, 4.69) is 20.2 Å². The summed E-state index contributed by atoms with van der Waals surface area (Å²) >= 11 is 0. The highest BCUT2D eigenvalue weighted by Gasteiger charge is 2.41. The van der Waals surface area contributed by atoms with Gasteiger partial charge in [-0.1, -0.05) is 0 Å². The van der Waals surface area contributed by atoms with Gasteiger partial charge in [-0.3, -0.25) is 4.79 Å². The van der Waals surface area contributed by atoms with Gasteiger partial charge in [0.25, 0.3) is 0 Å². The van der Waals surface area contributed by atoms with E-state index in [-0.39, 0.29) is 17.9 Å². The number of piperidine rings is 1. The van der Waals surface area contributed by atoms with Gasteiger partial charge in [0.2, 0.25) is 11.9 Å². The number of hydrogen-bond acceptors (Lipinski definition) is 6. The average Bonchev–Trinajstić information content (AvgIpc) is 2.84. The van der Waals surface area contributed by atoms with E-state index in [0.29, 0.717) is 25.6 Å². The van der Waals surface area contributed by atoms with E-state index in [4.69, 9.17) is 4.74 Å².